The third-order valence-electron chi connectivity index (χ3n) is 3.10. The summed E-state index contributed by atoms with van der Waals surface area (Å²) < 4.78 is 7.04. The van der Waals surface area contributed by atoms with Crippen LogP contribution in [0, 0.1) is 5.92 Å². The van der Waals surface area contributed by atoms with Gasteiger partial charge in [-0.1, -0.05) is 25.9 Å². The monoisotopic (exact) mass is 263 g/mol. The maximum atomic E-state index is 5.32. The van der Waals surface area contributed by atoms with Gasteiger partial charge in [0.05, 0.1) is 11.8 Å². The normalized spacial score (nSPS) is 13.1. The van der Waals surface area contributed by atoms with Crippen LogP contribution < -0.4 is 5.32 Å². The molecule has 1 unspecified atom stereocenters. The molecule has 1 atom stereocenters. The summed E-state index contributed by atoms with van der Waals surface area (Å²) in [5.74, 6) is 1.79. The Balaban J connectivity index is 2.08. The van der Waals surface area contributed by atoms with E-state index in [1.54, 1.807) is 10.9 Å². The molecule has 2 aromatic heterocycles. The minimum absolute atomic E-state index is 0.354. The van der Waals surface area contributed by atoms with E-state index in [4.69, 9.17) is 4.52 Å². The number of hydrogen-bond acceptors (Lipinski definition) is 5. The van der Waals surface area contributed by atoms with Gasteiger partial charge in [0.15, 0.2) is 0 Å². The van der Waals surface area contributed by atoms with E-state index in [0.29, 0.717) is 23.7 Å². The Morgan fingerprint density at radius 1 is 1.42 bits per heavy atom. The van der Waals surface area contributed by atoms with Gasteiger partial charge in [-0.3, -0.25) is 4.68 Å². The van der Waals surface area contributed by atoms with E-state index in [0.717, 1.165) is 18.5 Å². The van der Waals surface area contributed by atoms with E-state index in [1.807, 2.05) is 13.2 Å². The van der Waals surface area contributed by atoms with E-state index in [2.05, 4.69) is 41.3 Å². The van der Waals surface area contributed by atoms with Crippen molar-refractivity contribution < 1.29 is 4.52 Å². The zero-order valence-electron chi connectivity index (χ0n) is 11.9. The highest BCUT2D eigenvalue weighted by atomic mass is 16.5. The van der Waals surface area contributed by atoms with Crippen molar-refractivity contribution in [2.45, 2.75) is 33.2 Å². The SMILES string of the molecule is CCNC(Cc1nc(-c2cnn(C)c2)no1)C(C)C. The molecule has 104 valence electrons. The van der Waals surface area contributed by atoms with Crippen LogP contribution in [-0.4, -0.2) is 32.5 Å². The number of nitrogens with zero attached hydrogens (tertiary/aromatic N) is 4. The first-order valence-corrected chi connectivity index (χ1v) is 6.65. The topological polar surface area (TPSA) is 68.8 Å². The second-order valence-electron chi connectivity index (χ2n) is 5.03. The van der Waals surface area contributed by atoms with Crippen LogP contribution in [0.1, 0.15) is 26.7 Å². The standard InChI is InChI=1S/C13H21N5O/c1-5-14-11(9(2)3)6-12-16-13(17-19-12)10-7-15-18(4)8-10/h7-9,11,14H,5-6H2,1-4H3. The van der Waals surface area contributed by atoms with Crippen molar-refractivity contribution in [3.63, 3.8) is 0 Å². The molecule has 0 bridgehead atoms. The highest BCUT2D eigenvalue weighted by Crippen LogP contribution is 2.16. The largest absolute Gasteiger partial charge is 0.339 e. The van der Waals surface area contributed by atoms with E-state index in [1.165, 1.54) is 0 Å². The number of nitrogens with one attached hydrogen (secondary N) is 1. The average Bonchev–Trinajstić information content (AvgIpc) is 2.97. The fourth-order valence-electron chi connectivity index (χ4n) is 1.99. The van der Waals surface area contributed by atoms with E-state index in [9.17, 15) is 0 Å². The average molecular weight is 263 g/mol. The molecule has 2 rings (SSSR count). The fraction of sp³-hybridized carbons (Fsp3) is 0.615. The van der Waals surface area contributed by atoms with Crippen molar-refractivity contribution in [1.29, 1.82) is 0 Å². The van der Waals surface area contributed by atoms with E-state index in [-0.39, 0.29) is 0 Å². The fourth-order valence-corrected chi connectivity index (χ4v) is 1.99. The molecule has 0 spiro atoms. The number of aryl methyl sites for hydroxylation is 1. The molecular formula is C13H21N5O. The number of likely N-dealkylation sites (N-methyl/N-ethyl adjacent to an activating group) is 1. The maximum absolute atomic E-state index is 5.32. The molecular weight excluding hydrogens is 242 g/mol. The van der Waals surface area contributed by atoms with Crippen molar-refractivity contribution in [2.75, 3.05) is 6.54 Å². The minimum Gasteiger partial charge on any atom is -0.339 e. The Hall–Kier alpha value is -1.69. The maximum Gasteiger partial charge on any atom is 0.228 e. The van der Waals surface area contributed by atoms with Gasteiger partial charge in [-0.25, -0.2) is 0 Å². The summed E-state index contributed by atoms with van der Waals surface area (Å²) in [7, 11) is 1.87. The Kier molecular flexibility index (Phi) is 4.31. The Morgan fingerprint density at radius 2 is 2.21 bits per heavy atom. The summed E-state index contributed by atoms with van der Waals surface area (Å²) in [6, 6.07) is 0.354. The van der Waals surface area contributed by atoms with Crippen LogP contribution in [0.4, 0.5) is 0 Å². The molecule has 0 aliphatic rings. The van der Waals surface area contributed by atoms with E-state index >= 15 is 0 Å². The number of aromatic nitrogens is 4. The highest BCUT2D eigenvalue weighted by Gasteiger charge is 2.17. The van der Waals surface area contributed by atoms with Gasteiger partial charge < -0.3 is 9.84 Å². The Labute approximate surface area is 113 Å². The summed E-state index contributed by atoms with van der Waals surface area (Å²) in [5, 5.41) is 11.5. The van der Waals surface area contributed by atoms with Gasteiger partial charge >= 0.3 is 0 Å². The second-order valence-corrected chi connectivity index (χ2v) is 5.03. The van der Waals surface area contributed by atoms with Crippen LogP contribution in [0.2, 0.25) is 0 Å². The zero-order valence-corrected chi connectivity index (χ0v) is 11.9. The van der Waals surface area contributed by atoms with Gasteiger partial charge in [0.25, 0.3) is 0 Å². The Bertz CT molecular complexity index is 517. The molecule has 0 aliphatic carbocycles. The molecule has 0 saturated heterocycles. The third-order valence-corrected chi connectivity index (χ3v) is 3.10. The lowest BCUT2D eigenvalue weighted by Gasteiger charge is -2.19. The summed E-state index contributed by atoms with van der Waals surface area (Å²) in [5.41, 5.74) is 0.877. The zero-order chi connectivity index (χ0) is 13.8. The van der Waals surface area contributed by atoms with Gasteiger partial charge in [0, 0.05) is 25.7 Å². The molecule has 2 heterocycles. The van der Waals surface area contributed by atoms with Crippen molar-refractivity contribution in [3.05, 3.63) is 18.3 Å². The van der Waals surface area contributed by atoms with Crippen molar-refractivity contribution in [3.8, 4) is 11.4 Å². The molecule has 0 aromatic carbocycles. The van der Waals surface area contributed by atoms with Crippen LogP contribution >= 0.6 is 0 Å². The summed E-state index contributed by atoms with van der Waals surface area (Å²) in [6.45, 7) is 7.41. The third kappa shape index (κ3) is 3.41. The van der Waals surface area contributed by atoms with Crippen LogP contribution in [-0.2, 0) is 13.5 Å². The quantitative estimate of drug-likeness (QED) is 0.858. The molecule has 1 N–H and O–H groups in total. The lowest BCUT2D eigenvalue weighted by molar-refractivity contribution is 0.329. The van der Waals surface area contributed by atoms with Crippen LogP contribution in [0.3, 0.4) is 0 Å². The first-order valence-electron chi connectivity index (χ1n) is 6.65. The summed E-state index contributed by atoms with van der Waals surface area (Å²) in [4.78, 5) is 4.43. The van der Waals surface area contributed by atoms with Crippen molar-refractivity contribution >= 4 is 0 Å². The molecule has 6 nitrogen and oxygen atoms in total. The predicted molar refractivity (Wildman–Crippen MR) is 72.5 cm³/mol. The Morgan fingerprint density at radius 3 is 2.79 bits per heavy atom. The van der Waals surface area contributed by atoms with Gasteiger partial charge in [0.2, 0.25) is 11.7 Å². The van der Waals surface area contributed by atoms with Gasteiger partial charge in [-0.2, -0.15) is 10.1 Å². The van der Waals surface area contributed by atoms with Crippen molar-refractivity contribution in [1.82, 2.24) is 25.2 Å². The van der Waals surface area contributed by atoms with Crippen LogP contribution in [0.25, 0.3) is 11.4 Å². The number of hydrogen-bond donors (Lipinski definition) is 1. The molecule has 0 saturated carbocycles. The summed E-state index contributed by atoms with van der Waals surface area (Å²) in [6.07, 6.45) is 4.36. The van der Waals surface area contributed by atoms with Crippen LogP contribution in [0.5, 0.6) is 0 Å². The molecule has 6 heteroatoms. The van der Waals surface area contributed by atoms with Crippen LogP contribution in [0.15, 0.2) is 16.9 Å². The molecule has 0 radical (unpaired) electrons. The predicted octanol–water partition coefficient (Wildman–Crippen LogP) is 1.65. The minimum atomic E-state index is 0.354. The van der Waals surface area contributed by atoms with E-state index < -0.39 is 0 Å². The molecule has 19 heavy (non-hydrogen) atoms. The second kappa shape index (κ2) is 5.97. The summed E-state index contributed by atoms with van der Waals surface area (Å²) >= 11 is 0. The molecule has 0 fully saturated rings. The highest BCUT2D eigenvalue weighted by molar-refractivity contribution is 5.50. The lowest BCUT2D eigenvalue weighted by Crippen LogP contribution is -2.35. The van der Waals surface area contributed by atoms with Gasteiger partial charge in [-0.15, -0.1) is 0 Å². The van der Waals surface area contributed by atoms with Crippen molar-refractivity contribution in [2.24, 2.45) is 13.0 Å². The molecule has 2 aromatic rings. The van der Waals surface area contributed by atoms with Gasteiger partial charge in [-0.05, 0) is 12.5 Å². The first kappa shape index (κ1) is 13.7. The smallest absolute Gasteiger partial charge is 0.228 e. The first-order chi connectivity index (χ1) is 9.10. The lowest BCUT2D eigenvalue weighted by atomic mass is 10.0. The number of rotatable bonds is 6. The molecule has 0 aliphatic heterocycles. The molecule has 0 amide bonds. The van der Waals surface area contributed by atoms with Gasteiger partial charge in [0.1, 0.15) is 0 Å².